The van der Waals surface area contributed by atoms with E-state index in [4.69, 9.17) is 5.26 Å². The van der Waals surface area contributed by atoms with E-state index < -0.39 is 0 Å². The molecule has 0 aromatic carbocycles. The van der Waals surface area contributed by atoms with E-state index in [1.165, 1.54) is 6.33 Å². The average Bonchev–Trinajstić information content (AvgIpc) is 2.05. The van der Waals surface area contributed by atoms with Gasteiger partial charge in [0.15, 0.2) is 0 Å². The summed E-state index contributed by atoms with van der Waals surface area (Å²) >= 11 is 1.07. The molecule has 5 heteroatoms. The molecule has 12 heavy (non-hydrogen) atoms. The second-order valence-corrected chi connectivity index (χ2v) is 3.12. The molecule has 0 N–H and O–H groups in total. The molecule has 1 rings (SSSR count). The molecule has 0 saturated heterocycles. The molecule has 0 fully saturated rings. The van der Waals surface area contributed by atoms with Crippen molar-refractivity contribution in [3.8, 4) is 5.40 Å². The van der Waals surface area contributed by atoms with E-state index in [1.807, 2.05) is 24.4 Å². The number of thiocyanates is 1. The highest BCUT2D eigenvalue weighted by atomic mass is 32.2. The summed E-state index contributed by atoms with van der Waals surface area (Å²) in [5.74, 6) is 0.775. The van der Waals surface area contributed by atoms with Gasteiger partial charge < -0.3 is 4.90 Å². The van der Waals surface area contributed by atoms with Crippen molar-refractivity contribution in [3.63, 3.8) is 0 Å². The van der Waals surface area contributed by atoms with Crippen LogP contribution in [0.4, 0.5) is 5.82 Å². The first kappa shape index (κ1) is 8.81. The zero-order valence-corrected chi connectivity index (χ0v) is 7.67. The molecule has 0 atom stereocenters. The zero-order chi connectivity index (χ0) is 8.97. The Morgan fingerprint density at radius 3 is 2.92 bits per heavy atom. The number of aromatic nitrogens is 2. The number of anilines is 1. The molecule has 1 aromatic rings. The minimum absolute atomic E-state index is 0.775. The lowest BCUT2D eigenvalue weighted by Gasteiger charge is -2.12. The molecule has 1 aromatic heterocycles. The highest BCUT2D eigenvalue weighted by Crippen LogP contribution is 2.24. The SMILES string of the molecule is CN(C)c1ncncc1SC#N. The van der Waals surface area contributed by atoms with Crippen LogP contribution in [-0.2, 0) is 0 Å². The fourth-order valence-electron chi connectivity index (χ4n) is 0.767. The van der Waals surface area contributed by atoms with Crippen molar-refractivity contribution < 1.29 is 0 Å². The highest BCUT2D eigenvalue weighted by Gasteiger charge is 2.05. The summed E-state index contributed by atoms with van der Waals surface area (Å²) in [7, 11) is 3.76. The summed E-state index contributed by atoms with van der Waals surface area (Å²) in [5.41, 5.74) is 0. The molecule has 0 aliphatic rings. The molecule has 0 radical (unpaired) electrons. The molecule has 4 nitrogen and oxygen atoms in total. The maximum Gasteiger partial charge on any atom is 0.146 e. The summed E-state index contributed by atoms with van der Waals surface area (Å²) in [4.78, 5) is 10.5. The first-order chi connectivity index (χ1) is 5.75. The first-order valence-corrected chi connectivity index (χ1v) is 4.10. The van der Waals surface area contributed by atoms with Crippen molar-refractivity contribution in [1.29, 1.82) is 5.26 Å². The van der Waals surface area contributed by atoms with Gasteiger partial charge in [-0.15, -0.1) is 0 Å². The van der Waals surface area contributed by atoms with Gasteiger partial charge in [0.2, 0.25) is 0 Å². The number of nitrogens with zero attached hydrogens (tertiary/aromatic N) is 4. The molecule has 0 aliphatic heterocycles. The van der Waals surface area contributed by atoms with Crippen LogP contribution in [-0.4, -0.2) is 24.1 Å². The fraction of sp³-hybridized carbons (Fsp3) is 0.286. The lowest BCUT2D eigenvalue weighted by molar-refractivity contribution is 0.991. The van der Waals surface area contributed by atoms with E-state index in [2.05, 4.69) is 9.97 Å². The van der Waals surface area contributed by atoms with E-state index in [-0.39, 0.29) is 0 Å². The maximum absolute atomic E-state index is 8.46. The third-order valence-corrected chi connectivity index (χ3v) is 1.84. The molecule has 0 saturated carbocycles. The smallest absolute Gasteiger partial charge is 0.146 e. The van der Waals surface area contributed by atoms with Crippen LogP contribution < -0.4 is 4.90 Å². The van der Waals surface area contributed by atoms with Crippen molar-refractivity contribution in [3.05, 3.63) is 12.5 Å². The zero-order valence-electron chi connectivity index (χ0n) is 6.85. The third kappa shape index (κ3) is 1.86. The van der Waals surface area contributed by atoms with Crippen LogP contribution in [0.15, 0.2) is 17.4 Å². The molecular formula is C7H8N4S. The second-order valence-electron chi connectivity index (χ2n) is 2.30. The predicted molar refractivity (Wildman–Crippen MR) is 47.8 cm³/mol. The molecule has 0 unspecified atom stereocenters. The van der Waals surface area contributed by atoms with Crippen molar-refractivity contribution in [2.24, 2.45) is 0 Å². The number of hydrogen-bond donors (Lipinski definition) is 0. The Labute approximate surface area is 75.2 Å². The van der Waals surface area contributed by atoms with Gasteiger partial charge in [0.1, 0.15) is 17.5 Å². The molecule has 0 aliphatic carbocycles. The van der Waals surface area contributed by atoms with Gasteiger partial charge in [0.05, 0.1) is 4.90 Å². The van der Waals surface area contributed by atoms with Gasteiger partial charge in [0, 0.05) is 20.3 Å². The highest BCUT2D eigenvalue weighted by molar-refractivity contribution is 8.03. The van der Waals surface area contributed by atoms with Crippen molar-refractivity contribution >= 4 is 17.6 Å². The number of rotatable bonds is 2. The standard InChI is InChI=1S/C7H8N4S/c1-11(2)7-6(12-4-8)3-9-5-10-7/h3,5H,1-2H3. The van der Waals surface area contributed by atoms with Crippen molar-refractivity contribution in [2.45, 2.75) is 4.90 Å². The first-order valence-electron chi connectivity index (χ1n) is 3.29. The van der Waals surface area contributed by atoms with E-state index in [1.54, 1.807) is 6.20 Å². The van der Waals surface area contributed by atoms with Gasteiger partial charge in [0.25, 0.3) is 0 Å². The van der Waals surface area contributed by atoms with Crippen molar-refractivity contribution in [1.82, 2.24) is 9.97 Å². The summed E-state index contributed by atoms with van der Waals surface area (Å²) in [6.07, 6.45) is 3.10. The third-order valence-electron chi connectivity index (χ3n) is 1.24. The summed E-state index contributed by atoms with van der Waals surface area (Å²) < 4.78 is 0. The Hall–Kier alpha value is -1.28. The van der Waals surface area contributed by atoms with Gasteiger partial charge in [-0.1, -0.05) is 0 Å². The van der Waals surface area contributed by atoms with Gasteiger partial charge in [-0.25, -0.2) is 9.97 Å². The second kappa shape index (κ2) is 3.93. The Morgan fingerprint density at radius 1 is 1.58 bits per heavy atom. The van der Waals surface area contributed by atoms with E-state index >= 15 is 0 Å². The van der Waals surface area contributed by atoms with E-state index in [0.717, 1.165) is 22.5 Å². The minimum Gasteiger partial charge on any atom is -0.362 e. The van der Waals surface area contributed by atoms with E-state index in [0.29, 0.717) is 0 Å². The summed E-state index contributed by atoms with van der Waals surface area (Å²) in [6.45, 7) is 0. The maximum atomic E-state index is 8.46. The van der Waals surface area contributed by atoms with Crippen molar-refractivity contribution in [2.75, 3.05) is 19.0 Å². The van der Waals surface area contributed by atoms with Crippen LogP contribution >= 0.6 is 11.8 Å². The Kier molecular flexibility index (Phi) is 2.88. The Morgan fingerprint density at radius 2 is 2.33 bits per heavy atom. The van der Waals surface area contributed by atoms with Crippen LogP contribution in [0.5, 0.6) is 0 Å². The molecule has 0 spiro atoms. The normalized spacial score (nSPS) is 9.08. The lowest BCUT2D eigenvalue weighted by atomic mass is 10.5. The molecule has 0 amide bonds. The van der Waals surface area contributed by atoms with Gasteiger partial charge >= 0.3 is 0 Å². The monoisotopic (exact) mass is 180 g/mol. The molecule has 0 bridgehead atoms. The molecule has 1 heterocycles. The van der Waals surface area contributed by atoms with Crippen LogP contribution in [0.2, 0.25) is 0 Å². The fourth-order valence-corrected chi connectivity index (χ4v) is 1.31. The number of nitriles is 1. The van der Waals surface area contributed by atoms with Gasteiger partial charge in [-0.3, -0.25) is 0 Å². The Balaban J connectivity index is 3.02. The average molecular weight is 180 g/mol. The van der Waals surface area contributed by atoms with Gasteiger partial charge in [-0.05, 0) is 11.8 Å². The topological polar surface area (TPSA) is 52.8 Å². The number of hydrogen-bond acceptors (Lipinski definition) is 5. The van der Waals surface area contributed by atoms with Crippen LogP contribution in [0.1, 0.15) is 0 Å². The Bertz CT molecular complexity index is 305. The summed E-state index contributed by atoms with van der Waals surface area (Å²) in [6, 6.07) is 0. The van der Waals surface area contributed by atoms with Crippen LogP contribution in [0, 0.1) is 10.7 Å². The van der Waals surface area contributed by atoms with E-state index in [9.17, 15) is 0 Å². The molecule has 62 valence electrons. The number of thioether (sulfide) groups is 1. The largest absolute Gasteiger partial charge is 0.362 e. The quantitative estimate of drug-likeness (QED) is 0.504. The minimum atomic E-state index is 0.775. The molecular weight excluding hydrogens is 172 g/mol. The summed E-state index contributed by atoms with van der Waals surface area (Å²) in [5, 5.41) is 10.5. The predicted octanol–water partition coefficient (Wildman–Crippen LogP) is 1.12. The van der Waals surface area contributed by atoms with Gasteiger partial charge in [-0.2, -0.15) is 5.26 Å². The van der Waals surface area contributed by atoms with Crippen LogP contribution in [0.25, 0.3) is 0 Å². The lowest BCUT2D eigenvalue weighted by Crippen LogP contribution is -2.11. The van der Waals surface area contributed by atoms with Crippen LogP contribution in [0.3, 0.4) is 0 Å².